The molecule has 1 unspecified atom stereocenters. The van der Waals surface area contributed by atoms with Gasteiger partial charge in [-0.1, -0.05) is 19.0 Å². The van der Waals surface area contributed by atoms with Crippen LogP contribution in [0.1, 0.15) is 35.7 Å². The normalized spacial score (nSPS) is 19.1. The molecule has 1 N–H and O–H groups in total. The van der Waals surface area contributed by atoms with Gasteiger partial charge in [0.2, 0.25) is 5.91 Å². The van der Waals surface area contributed by atoms with Crippen LogP contribution in [0.25, 0.3) is 0 Å². The molecule has 2 amide bonds. The maximum Gasteiger partial charge on any atom is 0.276 e. The third-order valence-electron chi connectivity index (χ3n) is 3.89. The summed E-state index contributed by atoms with van der Waals surface area (Å²) in [5, 5.41) is 14.0. The molecule has 1 saturated heterocycles. The Balaban J connectivity index is 2.19. The Labute approximate surface area is 141 Å². The van der Waals surface area contributed by atoms with Crippen LogP contribution in [0, 0.1) is 12.8 Å². The van der Waals surface area contributed by atoms with E-state index in [2.05, 4.69) is 5.16 Å². The molecule has 0 radical (unpaired) electrons. The molecule has 1 aliphatic rings. The van der Waals surface area contributed by atoms with Crippen LogP contribution in [0.15, 0.2) is 4.52 Å². The van der Waals surface area contributed by atoms with Crippen LogP contribution in [0.3, 0.4) is 0 Å². The summed E-state index contributed by atoms with van der Waals surface area (Å²) in [6, 6.07) is 0. The minimum Gasteiger partial charge on any atom is -0.389 e. The predicted octanol–water partition coefficient (Wildman–Crippen LogP) is 0.431. The lowest BCUT2D eigenvalue weighted by atomic mass is 10.2. The minimum atomic E-state index is -0.793. The van der Waals surface area contributed by atoms with Gasteiger partial charge >= 0.3 is 0 Å². The van der Waals surface area contributed by atoms with Crippen molar-refractivity contribution in [3.05, 3.63) is 17.0 Å². The Morgan fingerprint density at radius 2 is 2.17 bits per heavy atom. The van der Waals surface area contributed by atoms with Crippen LogP contribution in [0.4, 0.5) is 0 Å². The van der Waals surface area contributed by atoms with E-state index in [1.54, 1.807) is 11.8 Å². The summed E-state index contributed by atoms with van der Waals surface area (Å²) < 4.78 is 10.2. The van der Waals surface area contributed by atoms with Gasteiger partial charge in [0, 0.05) is 26.7 Å². The second-order valence-corrected chi connectivity index (χ2v) is 6.53. The third kappa shape index (κ3) is 4.12. The smallest absolute Gasteiger partial charge is 0.276 e. The summed E-state index contributed by atoms with van der Waals surface area (Å²) in [7, 11) is 1.52. The molecule has 1 atom stereocenters. The van der Waals surface area contributed by atoms with Crippen LogP contribution in [-0.2, 0) is 16.1 Å². The number of nitrogens with zero attached hydrogens (tertiary/aromatic N) is 3. The number of aromatic nitrogens is 1. The fourth-order valence-electron chi connectivity index (χ4n) is 2.79. The van der Waals surface area contributed by atoms with Crippen molar-refractivity contribution in [2.24, 2.45) is 5.92 Å². The monoisotopic (exact) mass is 339 g/mol. The number of aliphatic hydroxyl groups excluding tert-OH is 1. The van der Waals surface area contributed by atoms with E-state index in [0.29, 0.717) is 17.9 Å². The molecular formula is C16H25N3O5. The van der Waals surface area contributed by atoms with Crippen LogP contribution >= 0.6 is 0 Å². The van der Waals surface area contributed by atoms with E-state index in [1.807, 2.05) is 13.8 Å². The largest absolute Gasteiger partial charge is 0.389 e. The summed E-state index contributed by atoms with van der Waals surface area (Å²) in [4.78, 5) is 28.1. The molecule has 1 aliphatic heterocycles. The Morgan fingerprint density at radius 1 is 1.46 bits per heavy atom. The highest BCUT2D eigenvalue weighted by molar-refractivity contribution is 5.96. The van der Waals surface area contributed by atoms with E-state index < -0.39 is 12.0 Å². The van der Waals surface area contributed by atoms with Crippen LogP contribution in [0.2, 0.25) is 0 Å². The molecule has 1 aromatic heterocycles. The van der Waals surface area contributed by atoms with E-state index in [1.165, 1.54) is 12.0 Å². The Kier molecular flexibility index (Phi) is 5.95. The average Bonchev–Trinajstić information content (AvgIpc) is 2.79. The van der Waals surface area contributed by atoms with Gasteiger partial charge in [-0.05, 0) is 12.8 Å². The lowest BCUT2D eigenvalue weighted by Crippen LogP contribution is -2.40. The third-order valence-corrected chi connectivity index (χ3v) is 3.89. The van der Waals surface area contributed by atoms with Crippen molar-refractivity contribution in [2.75, 3.05) is 33.3 Å². The zero-order valence-corrected chi connectivity index (χ0v) is 14.6. The van der Waals surface area contributed by atoms with E-state index in [4.69, 9.17) is 9.26 Å². The molecule has 8 heteroatoms. The molecule has 1 fully saturated rings. The molecule has 2 heterocycles. The zero-order valence-electron chi connectivity index (χ0n) is 14.6. The van der Waals surface area contributed by atoms with E-state index in [0.717, 1.165) is 0 Å². The Hall–Kier alpha value is -1.93. The highest BCUT2D eigenvalue weighted by Crippen LogP contribution is 2.18. The summed E-state index contributed by atoms with van der Waals surface area (Å²) in [5.41, 5.74) is 0.694. The first-order valence-electron chi connectivity index (χ1n) is 8.02. The van der Waals surface area contributed by atoms with Gasteiger partial charge < -0.3 is 24.2 Å². The number of aliphatic hydroxyl groups is 1. The van der Waals surface area contributed by atoms with Crippen molar-refractivity contribution >= 4 is 11.8 Å². The maximum absolute atomic E-state index is 12.7. The van der Waals surface area contributed by atoms with Crippen molar-refractivity contribution in [3.8, 4) is 0 Å². The number of methoxy groups -OCH3 is 1. The van der Waals surface area contributed by atoms with Crippen molar-refractivity contribution < 1.29 is 24.0 Å². The maximum atomic E-state index is 12.7. The quantitative estimate of drug-likeness (QED) is 0.836. The van der Waals surface area contributed by atoms with Gasteiger partial charge in [-0.2, -0.15) is 0 Å². The second kappa shape index (κ2) is 7.76. The number of carbonyl (C=O) groups is 2. The molecule has 2 rings (SSSR count). The first-order valence-corrected chi connectivity index (χ1v) is 8.02. The SMILES string of the molecule is COCc1c(C(=O)N2CC(=O)N(CC(C)C)CC(O)C2)noc1C. The number of hydrogen-bond acceptors (Lipinski definition) is 6. The number of ether oxygens (including phenoxy) is 1. The van der Waals surface area contributed by atoms with E-state index in [-0.39, 0.29) is 43.8 Å². The summed E-state index contributed by atoms with van der Waals surface area (Å²) in [5.74, 6) is 0.179. The highest BCUT2D eigenvalue weighted by atomic mass is 16.5. The average molecular weight is 339 g/mol. The fraction of sp³-hybridized carbons (Fsp3) is 0.688. The molecule has 24 heavy (non-hydrogen) atoms. The number of carbonyl (C=O) groups excluding carboxylic acids is 2. The van der Waals surface area contributed by atoms with Crippen LogP contribution < -0.4 is 0 Å². The first-order chi connectivity index (χ1) is 11.3. The molecule has 0 aliphatic carbocycles. The number of aryl methyl sites for hydroxylation is 1. The zero-order chi connectivity index (χ0) is 17.9. The Bertz CT molecular complexity index is 599. The number of β-amino-alcohol motifs (C(OH)–C–C–N with tert-alkyl or cyclic N) is 1. The van der Waals surface area contributed by atoms with Crippen molar-refractivity contribution in [2.45, 2.75) is 33.5 Å². The standard InChI is InChI=1S/C16H25N3O5/c1-10(2)5-18-6-12(20)7-19(8-14(18)21)16(22)15-13(9-23-4)11(3)24-17-15/h10,12,20H,5-9H2,1-4H3. The topological polar surface area (TPSA) is 96.1 Å². The number of amides is 2. The van der Waals surface area contributed by atoms with Gasteiger partial charge in [0.15, 0.2) is 5.69 Å². The van der Waals surface area contributed by atoms with Crippen molar-refractivity contribution in [3.63, 3.8) is 0 Å². The minimum absolute atomic E-state index is 0.0809. The lowest BCUT2D eigenvalue weighted by molar-refractivity contribution is -0.131. The number of hydrogen-bond donors (Lipinski definition) is 1. The van der Waals surface area contributed by atoms with Crippen molar-refractivity contribution in [1.82, 2.24) is 15.0 Å². The summed E-state index contributed by atoms with van der Waals surface area (Å²) in [6.45, 7) is 6.68. The summed E-state index contributed by atoms with van der Waals surface area (Å²) in [6.07, 6.45) is -0.793. The van der Waals surface area contributed by atoms with Gasteiger partial charge in [0.25, 0.3) is 5.91 Å². The molecule has 134 valence electrons. The molecule has 0 spiro atoms. The molecule has 0 bridgehead atoms. The van der Waals surface area contributed by atoms with Crippen LogP contribution in [0.5, 0.6) is 0 Å². The second-order valence-electron chi connectivity index (χ2n) is 6.53. The molecular weight excluding hydrogens is 314 g/mol. The Morgan fingerprint density at radius 3 is 2.79 bits per heavy atom. The van der Waals surface area contributed by atoms with Gasteiger partial charge in [-0.15, -0.1) is 0 Å². The summed E-state index contributed by atoms with van der Waals surface area (Å²) >= 11 is 0. The van der Waals surface area contributed by atoms with Gasteiger partial charge in [0.05, 0.1) is 18.3 Å². The van der Waals surface area contributed by atoms with Gasteiger partial charge in [-0.3, -0.25) is 9.59 Å². The molecule has 8 nitrogen and oxygen atoms in total. The number of rotatable bonds is 5. The molecule has 1 aromatic rings. The predicted molar refractivity (Wildman–Crippen MR) is 85.3 cm³/mol. The van der Waals surface area contributed by atoms with Gasteiger partial charge in [0.1, 0.15) is 12.3 Å². The van der Waals surface area contributed by atoms with Crippen LogP contribution in [-0.4, -0.2) is 71.3 Å². The van der Waals surface area contributed by atoms with E-state index >= 15 is 0 Å². The van der Waals surface area contributed by atoms with Crippen molar-refractivity contribution in [1.29, 1.82) is 0 Å². The molecule has 0 aromatic carbocycles. The van der Waals surface area contributed by atoms with Gasteiger partial charge in [-0.25, -0.2) is 0 Å². The van der Waals surface area contributed by atoms with E-state index in [9.17, 15) is 14.7 Å². The lowest BCUT2D eigenvalue weighted by Gasteiger charge is -2.23. The fourth-order valence-corrected chi connectivity index (χ4v) is 2.79. The first kappa shape index (κ1) is 18.4. The highest BCUT2D eigenvalue weighted by Gasteiger charge is 2.32. The molecule has 0 saturated carbocycles.